The maximum atomic E-state index is 13.8. The van der Waals surface area contributed by atoms with Gasteiger partial charge in [0.25, 0.3) is 0 Å². The maximum Gasteiger partial charge on any atom is 0.419 e. The van der Waals surface area contributed by atoms with E-state index in [1.165, 1.54) is 21.3 Å². The van der Waals surface area contributed by atoms with Crippen molar-refractivity contribution in [1.82, 2.24) is 0 Å². The molecule has 0 aliphatic rings. The summed E-state index contributed by atoms with van der Waals surface area (Å²) in [6.07, 6.45) is -11.0. The molecule has 0 bridgehead atoms. The zero-order valence-corrected chi connectivity index (χ0v) is 20.0. The minimum Gasteiger partial charge on any atom is -0.496 e. The first kappa shape index (κ1) is 31.3. The van der Waals surface area contributed by atoms with Crippen molar-refractivity contribution >= 4 is 0 Å². The van der Waals surface area contributed by atoms with E-state index in [0.29, 0.717) is 22.8 Å². The number of ether oxygens (including phenoxy) is 3. The molecule has 0 saturated heterocycles. The molecule has 214 valence electrons. The lowest BCUT2D eigenvalue weighted by atomic mass is 10.0. The van der Waals surface area contributed by atoms with E-state index in [2.05, 4.69) is 4.94 Å². The van der Waals surface area contributed by atoms with Gasteiger partial charge in [-0.2, -0.15) is 26.3 Å². The Morgan fingerprint density at radius 3 is 1.51 bits per heavy atom. The van der Waals surface area contributed by atoms with Crippen molar-refractivity contribution < 1.29 is 67.6 Å². The Labute approximate surface area is 213 Å². The van der Waals surface area contributed by atoms with Crippen LogP contribution in [0.4, 0.5) is 48.4 Å². The zero-order chi connectivity index (χ0) is 29.7. The van der Waals surface area contributed by atoms with Gasteiger partial charge in [0, 0.05) is 22.7 Å². The van der Waals surface area contributed by atoms with Crippen molar-refractivity contribution in [3.05, 3.63) is 70.5 Å². The lowest BCUT2D eigenvalue weighted by molar-refractivity contribution is -0.164. The Morgan fingerprint density at radius 1 is 0.641 bits per heavy atom. The van der Waals surface area contributed by atoms with E-state index in [1.54, 1.807) is 12.1 Å². The van der Waals surface area contributed by atoms with Gasteiger partial charge in [-0.1, -0.05) is 0 Å². The third-order valence-electron chi connectivity index (χ3n) is 5.02. The number of methoxy groups -OCH3 is 3. The molecule has 3 rings (SSSR count). The van der Waals surface area contributed by atoms with Crippen molar-refractivity contribution in [3.8, 4) is 34.1 Å². The van der Waals surface area contributed by atoms with Gasteiger partial charge in [-0.3, -0.25) is 4.94 Å². The van der Waals surface area contributed by atoms with Crippen molar-refractivity contribution in [3.63, 3.8) is 0 Å². The molecule has 0 radical (unpaired) electrons. The van der Waals surface area contributed by atoms with Crippen LogP contribution in [0.3, 0.4) is 0 Å². The second-order valence-corrected chi connectivity index (χ2v) is 7.36. The number of halogens is 11. The Kier molecular flexibility index (Phi) is 9.87. The third-order valence-corrected chi connectivity index (χ3v) is 5.02. The first-order valence-corrected chi connectivity index (χ1v) is 10.2. The van der Waals surface area contributed by atoms with Gasteiger partial charge in [-0.05, 0) is 23.8 Å². The van der Waals surface area contributed by atoms with Crippen LogP contribution in [0.15, 0.2) is 36.4 Å². The summed E-state index contributed by atoms with van der Waals surface area (Å²) in [5, 5.41) is 0. The van der Waals surface area contributed by atoms with E-state index < -0.39 is 58.9 Å². The summed E-state index contributed by atoms with van der Waals surface area (Å²) >= 11 is 0. The van der Waals surface area contributed by atoms with Crippen LogP contribution >= 0.6 is 0 Å². The molecule has 0 fully saturated rings. The zero-order valence-electron chi connectivity index (χ0n) is 20.0. The number of alkyl halides is 7. The molecule has 0 aliphatic carbocycles. The van der Waals surface area contributed by atoms with Crippen LogP contribution in [0.2, 0.25) is 0 Å². The lowest BCUT2D eigenvalue weighted by Crippen LogP contribution is -2.18. The summed E-state index contributed by atoms with van der Waals surface area (Å²) in [4.78, 5) is 2.79. The number of hydrogen-bond donors (Lipinski definition) is 0. The van der Waals surface area contributed by atoms with Crippen molar-refractivity contribution in [2.24, 2.45) is 0 Å². The average Bonchev–Trinajstić information content (AvgIpc) is 2.86. The molecular weight excluding hydrogens is 561 g/mol. The highest BCUT2D eigenvalue weighted by molar-refractivity contribution is 5.78. The van der Waals surface area contributed by atoms with Crippen LogP contribution in [0.25, 0.3) is 11.1 Å². The summed E-state index contributed by atoms with van der Waals surface area (Å²) in [5.41, 5.74) is -4.92. The highest BCUT2D eigenvalue weighted by Gasteiger charge is 2.46. The molecule has 0 aliphatic heterocycles. The molecule has 4 nitrogen and oxygen atoms in total. The first-order chi connectivity index (χ1) is 18.1. The first-order valence-electron chi connectivity index (χ1n) is 10.2. The van der Waals surface area contributed by atoms with Crippen LogP contribution in [0.5, 0.6) is 23.0 Å². The van der Waals surface area contributed by atoms with Gasteiger partial charge < -0.3 is 14.2 Å². The van der Waals surface area contributed by atoms with E-state index in [9.17, 15) is 48.4 Å². The molecule has 0 unspecified atom stereocenters. The molecule has 0 N–H and O–H groups in total. The van der Waals surface area contributed by atoms with Crippen LogP contribution in [0.1, 0.15) is 16.7 Å². The molecule has 0 atom stereocenters. The van der Waals surface area contributed by atoms with Crippen molar-refractivity contribution in [1.29, 1.82) is 0 Å². The van der Waals surface area contributed by atoms with E-state index in [-0.39, 0.29) is 17.7 Å². The van der Waals surface area contributed by atoms with Gasteiger partial charge >= 0.3 is 12.4 Å². The summed E-state index contributed by atoms with van der Waals surface area (Å²) < 4.78 is 154. The van der Waals surface area contributed by atoms with Gasteiger partial charge in [0.05, 0.1) is 38.0 Å². The predicted octanol–water partition coefficient (Wildman–Crippen LogP) is 8.25. The average molecular weight is 578 g/mol. The Morgan fingerprint density at radius 2 is 1.15 bits per heavy atom. The normalized spacial score (nSPS) is 11.4. The Hall–Kier alpha value is -3.91. The second-order valence-electron chi connectivity index (χ2n) is 7.36. The third kappa shape index (κ3) is 7.15. The summed E-state index contributed by atoms with van der Waals surface area (Å²) in [5.74, 6) is -4.37. The maximum absolute atomic E-state index is 13.8. The summed E-state index contributed by atoms with van der Waals surface area (Å²) in [6.45, 7) is -1.21. The van der Waals surface area contributed by atoms with Crippen LogP contribution in [-0.2, 0) is 19.0 Å². The van der Waals surface area contributed by atoms with E-state index >= 15 is 0 Å². The molecular formula is C24H17F11O4. The highest BCUT2D eigenvalue weighted by Crippen LogP contribution is 2.44. The van der Waals surface area contributed by atoms with Gasteiger partial charge in [0.1, 0.15) is 46.9 Å². The summed E-state index contributed by atoms with van der Waals surface area (Å²) in [7, 11) is 4.31. The van der Waals surface area contributed by atoms with Crippen molar-refractivity contribution in [2.75, 3.05) is 21.3 Å². The molecule has 0 heterocycles. The van der Waals surface area contributed by atoms with Crippen LogP contribution in [-0.4, -0.2) is 21.3 Å². The second kappa shape index (κ2) is 12.3. The molecule has 0 aromatic heterocycles. The quantitative estimate of drug-likeness (QED) is 0.276. The molecule has 0 spiro atoms. The molecule has 0 saturated carbocycles. The molecule has 3 aromatic rings. The fraction of sp³-hybridized carbons (Fsp3) is 0.250. The molecule has 3 aromatic carbocycles. The molecule has 0 amide bonds. The standard InChI is InChI=1S/C16H15F3O3.C8H2F8O/c1-20-10-6-14(21-2)16(15(7-10)22-3)9-4-12(18)11(8-17)13(19)5-9;9-5-2-3(17-16)1-4(7(10,11)12)6(5)8(13,14)15/h4-7H,8H2,1-3H3;1-2H. The van der Waals surface area contributed by atoms with E-state index in [1.807, 2.05) is 0 Å². The van der Waals surface area contributed by atoms with Crippen LogP contribution < -0.4 is 19.2 Å². The van der Waals surface area contributed by atoms with Crippen molar-refractivity contribution in [2.45, 2.75) is 19.0 Å². The van der Waals surface area contributed by atoms with Gasteiger partial charge in [0.15, 0.2) is 5.75 Å². The SMILES string of the molecule is COc1cc(OC)c(-c2cc(F)c(CF)c(F)c2)c(OC)c1.FOc1cc(F)c(C(F)(F)F)c(C(F)(F)F)c1. The number of benzene rings is 3. The molecule has 15 heteroatoms. The highest BCUT2D eigenvalue weighted by atomic mass is 19.4. The topological polar surface area (TPSA) is 36.9 Å². The Bertz CT molecular complexity index is 1260. The Balaban J connectivity index is 0.000000283. The van der Waals surface area contributed by atoms with Gasteiger partial charge in [-0.25, -0.2) is 17.6 Å². The summed E-state index contributed by atoms with van der Waals surface area (Å²) in [6, 6.07) is 4.83. The lowest BCUT2D eigenvalue weighted by Gasteiger charge is -2.16. The minimum atomic E-state index is -5.55. The fourth-order valence-electron chi connectivity index (χ4n) is 3.30. The van der Waals surface area contributed by atoms with Crippen LogP contribution in [0, 0.1) is 17.5 Å². The van der Waals surface area contributed by atoms with Gasteiger partial charge in [0.2, 0.25) is 0 Å². The minimum absolute atomic E-state index is 0.127. The monoisotopic (exact) mass is 578 g/mol. The number of rotatable bonds is 6. The van der Waals surface area contributed by atoms with E-state index in [0.717, 1.165) is 12.1 Å². The van der Waals surface area contributed by atoms with Gasteiger partial charge in [-0.15, -0.1) is 0 Å². The fourth-order valence-corrected chi connectivity index (χ4v) is 3.30. The van der Waals surface area contributed by atoms with E-state index in [4.69, 9.17) is 14.2 Å². The smallest absolute Gasteiger partial charge is 0.419 e. The largest absolute Gasteiger partial charge is 0.496 e. The predicted molar refractivity (Wildman–Crippen MR) is 114 cm³/mol. The molecule has 39 heavy (non-hydrogen) atoms. The number of hydrogen-bond acceptors (Lipinski definition) is 4.